The normalized spacial score (nSPS) is 12.6. The molecule has 3 nitrogen and oxygen atoms in total. The van der Waals surface area contributed by atoms with Crippen LogP contribution in [0.1, 0.15) is 6.92 Å². The van der Waals surface area contributed by atoms with Gasteiger partial charge in [0.2, 0.25) is 0 Å². The summed E-state index contributed by atoms with van der Waals surface area (Å²) < 4.78 is 118. The van der Waals surface area contributed by atoms with Crippen LogP contribution >= 0.6 is 0 Å². The van der Waals surface area contributed by atoms with Gasteiger partial charge in [-0.05, 0) is 0 Å². The van der Waals surface area contributed by atoms with Crippen molar-refractivity contribution >= 4 is 0 Å². The third kappa shape index (κ3) is 23.4. The van der Waals surface area contributed by atoms with Gasteiger partial charge in [0, 0.05) is 39.6 Å². The van der Waals surface area contributed by atoms with E-state index in [2.05, 4.69) is 9.47 Å². The fourth-order valence-electron chi connectivity index (χ4n) is 0.341. The van der Waals surface area contributed by atoms with E-state index >= 15 is 0 Å². The fourth-order valence-corrected chi connectivity index (χ4v) is 0.341. The van der Waals surface area contributed by atoms with E-state index in [1.54, 1.807) is 0 Å². The summed E-state index contributed by atoms with van der Waals surface area (Å²) in [6, 6.07) is 0. The minimum absolute atomic E-state index is 0. The topological polar surface area (TPSA) is 27.7 Å². The van der Waals surface area contributed by atoms with E-state index in [1.807, 2.05) is 4.74 Å². The molecule has 0 N–H and O–H groups in total. The third-order valence-electron chi connectivity index (χ3n) is 0.739. The second kappa shape index (κ2) is 10.1. The summed E-state index contributed by atoms with van der Waals surface area (Å²) in [6.07, 6.45) is -14.5. The standard InChI is InChI=1S/C3F7O2.C3H5F3O.Y/c4-1(5)11-3(9,10)12-2(6,7)8;1-3(5,6)7-2-4;/h;2H2,1H3;/q-1;;. The SMILES string of the molecule is CC(F)(F)OCF.F[C-](F)OC(F)(F)OC(F)(F)F.[Y]. The predicted molar refractivity (Wildman–Crippen MR) is 36.3 cm³/mol. The van der Waals surface area contributed by atoms with Crippen molar-refractivity contribution in [1.29, 1.82) is 0 Å². The molecule has 0 unspecified atom stereocenters. The van der Waals surface area contributed by atoms with Gasteiger partial charge in [0.1, 0.15) is 6.61 Å². The average molecular weight is 404 g/mol. The van der Waals surface area contributed by atoms with Crippen molar-refractivity contribution in [3.05, 3.63) is 6.61 Å². The summed E-state index contributed by atoms with van der Waals surface area (Å²) in [6.45, 7) is -4.29. The van der Waals surface area contributed by atoms with Crippen LogP contribution in [0.2, 0.25) is 0 Å². The van der Waals surface area contributed by atoms with Crippen molar-refractivity contribution in [2.45, 2.75) is 25.7 Å². The zero-order chi connectivity index (χ0) is 15.9. The predicted octanol–water partition coefficient (Wildman–Crippen LogP) is 4.02. The summed E-state index contributed by atoms with van der Waals surface area (Å²) in [5.74, 6) is 0. The average Bonchev–Trinajstić information content (AvgIpc) is 1.92. The molecule has 0 rings (SSSR count). The van der Waals surface area contributed by atoms with Gasteiger partial charge in [0.15, 0.2) is 6.86 Å². The van der Waals surface area contributed by atoms with Crippen LogP contribution < -0.4 is 0 Å². The van der Waals surface area contributed by atoms with Crippen molar-refractivity contribution in [3.63, 3.8) is 0 Å². The molecule has 0 heterocycles. The first kappa shape index (κ1) is 25.2. The number of hydrogen-bond donors (Lipinski definition) is 0. The molecule has 121 valence electrons. The number of hydrogen-bond acceptors (Lipinski definition) is 3. The first-order valence-corrected chi connectivity index (χ1v) is 3.78. The first-order valence-electron chi connectivity index (χ1n) is 3.78. The van der Waals surface area contributed by atoms with E-state index < -0.39 is 32.2 Å². The molecule has 0 aliphatic carbocycles. The molecule has 0 saturated heterocycles. The molecule has 0 atom stereocenters. The van der Waals surface area contributed by atoms with Gasteiger partial charge >= 0.3 is 18.8 Å². The second-order valence-electron chi connectivity index (χ2n) is 2.40. The summed E-state index contributed by atoms with van der Waals surface area (Å²) in [5.41, 5.74) is 0. The van der Waals surface area contributed by atoms with Crippen LogP contribution in [-0.2, 0) is 46.9 Å². The molecule has 0 aromatic heterocycles. The molecule has 0 spiro atoms. The van der Waals surface area contributed by atoms with E-state index in [0.29, 0.717) is 6.92 Å². The van der Waals surface area contributed by atoms with Crippen LogP contribution in [0.3, 0.4) is 0 Å². The summed E-state index contributed by atoms with van der Waals surface area (Å²) in [5, 5.41) is 0. The number of ether oxygens (including phenoxy) is 3. The van der Waals surface area contributed by atoms with Crippen molar-refractivity contribution in [2.24, 2.45) is 0 Å². The Morgan fingerprint density at radius 2 is 1.35 bits per heavy atom. The number of rotatable bonds is 5. The van der Waals surface area contributed by atoms with Crippen LogP contribution in [0.25, 0.3) is 0 Å². The maximum atomic E-state index is 11.5. The molecule has 0 amide bonds. The largest absolute Gasteiger partial charge is 0.529 e. The Balaban J connectivity index is -0.000000312. The monoisotopic (exact) mass is 404 g/mol. The Bertz CT molecular complexity index is 240. The summed E-state index contributed by atoms with van der Waals surface area (Å²) in [4.78, 5) is 0. The van der Waals surface area contributed by atoms with E-state index in [1.165, 1.54) is 0 Å². The molecule has 1 radical (unpaired) electrons. The van der Waals surface area contributed by atoms with Crippen LogP contribution in [0.4, 0.5) is 43.9 Å². The molecule has 0 aliphatic heterocycles. The Hall–Kier alpha value is 0.284. The van der Waals surface area contributed by atoms with E-state index in [4.69, 9.17) is 0 Å². The molecule has 0 aromatic rings. The molecule has 20 heavy (non-hydrogen) atoms. The van der Waals surface area contributed by atoms with Crippen LogP contribution in [0.5, 0.6) is 0 Å². The molecule has 14 heteroatoms. The minimum Gasteiger partial charge on any atom is -0.407 e. The molecule has 0 aromatic carbocycles. The van der Waals surface area contributed by atoms with Gasteiger partial charge in [-0.2, -0.15) is 8.78 Å². The third-order valence-corrected chi connectivity index (χ3v) is 0.739. The second-order valence-corrected chi connectivity index (χ2v) is 2.40. The summed E-state index contributed by atoms with van der Waals surface area (Å²) in [7, 11) is 0. The van der Waals surface area contributed by atoms with Gasteiger partial charge in [-0.15, -0.1) is 22.0 Å². The van der Waals surface area contributed by atoms with Crippen LogP contribution in [-0.4, -0.2) is 25.6 Å². The molecule has 0 saturated carbocycles. The van der Waals surface area contributed by atoms with Crippen LogP contribution in [0.15, 0.2) is 0 Å². The van der Waals surface area contributed by atoms with Crippen molar-refractivity contribution < 1.29 is 90.8 Å². The van der Waals surface area contributed by atoms with E-state index in [0.717, 1.165) is 0 Å². The van der Waals surface area contributed by atoms with Gasteiger partial charge in [-0.25, -0.2) is 9.13 Å². The zero-order valence-electron chi connectivity index (χ0n) is 9.29. The molecule has 0 bridgehead atoms. The van der Waals surface area contributed by atoms with E-state index in [-0.39, 0.29) is 32.7 Å². The van der Waals surface area contributed by atoms with Gasteiger partial charge < -0.3 is 13.5 Å². The van der Waals surface area contributed by atoms with Gasteiger partial charge in [-0.1, -0.05) is 0 Å². The van der Waals surface area contributed by atoms with Gasteiger partial charge in [0.25, 0.3) is 0 Å². The first-order chi connectivity index (χ1) is 8.18. The number of halogens is 10. The Morgan fingerprint density at radius 3 is 1.50 bits per heavy atom. The zero-order valence-corrected chi connectivity index (χ0v) is 12.1. The Labute approximate surface area is 130 Å². The van der Waals surface area contributed by atoms with Crippen molar-refractivity contribution in [3.8, 4) is 0 Å². The molecule has 0 aliphatic rings. The number of alkyl halides is 8. The van der Waals surface area contributed by atoms with Crippen molar-refractivity contribution in [2.75, 3.05) is 6.86 Å². The van der Waals surface area contributed by atoms with Gasteiger partial charge in [0.05, 0.1) is 0 Å². The van der Waals surface area contributed by atoms with Gasteiger partial charge in [-0.3, -0.25) is 4.74 Å². The molecular weight excluding hydrogens is 399 g/mol. The quantitative estimate of drug-likeness (QED) is 0.394. The maximum Gasteiger partial charge on any atom is 0.529 e. The maximum absolute atomic E-state index is 11.5. The Kier molecular flexibility index (Phi) is 12.7. The molecule has 0 fully saturated rings. The fraction of sp³-hybridized carbons (Fsp3) is 0.833. The van der Waals surface area contributed by atoms with E-state index in [9.17, 15) is 43.9 Å². The Morgan fingerprint density at radius 1 is 0.950 bits per heavy atom. The van der Waals surface area contributed by atoms with Crippen LogP contribution in [0, 0.1) is 6.61 Å². The molecular formula is C6H5F10O3Y-. The minimum atomic E-state index is -5.75. The van der Waals surface area contributed by atoms with Crippen molar-refractivity contribution in [1.82, 2.24) is 0 Å². The summed E-state index contributed by atoms with van der Waals surface area (Å²) >= 11 is 0. The smallest absolute Gasteiger partial charge is 0.407 e.